The summed E-state index contributed by atoms with van der Waals surface area (Å²) in [5.74, 6) is 0.846. The van der Waals surface area contributed by atoms with Crippen molar-refractivity contribution < 1.29 is 9.53 Å². The number of halogens is 1. The van der Waals surface area contributed by atoms with Gasteiger partial charge in [-0.25, -0.2) is 4.98 Å². The lowest BCUT2D eigenvalue weighted by Crippen LogP contribution is -2.25. The number of ether oxygens (including phenoxy) is 1. The largest absolute Gasteiger partial charge is 0.494 e. The van der Waals surface area contributed by atoms with Gasteiger partial charge in [-0.1, -0.05) is 11.6 Å². The minimum Gasteiger partial charge on any atom is -0.494 e. The highest BCUT2D eigenvalue weighted by Gasteiger charge is 2.02. The highest BCUT2D eigenvalue weighted by molar-refractivity contribution is 6.31. The summed E-state index contributed by atoms with van der Waals surface area (Å²) in [6, 6.07) is 5.56. The molecule has 0 saturated carbocycles. The summed E-state index contributed by atoms with van der Waals surface area (Å²) < 4.78 is 7.61. The van der Waals surface area contributed by atoms with Crippen LogP contribution in [0.3, 0.4) is 0 Å². The zero-order valence-electron chi connectivity index (χ0n) is 13.3. The number of nitrogens with zero attached hydrogens (tertiary/aromatic N) is 2. The molecule has 0 saturated heterocycles. The van der Waals surface area contributed by atoms with Gasteiger partial charge < -0.3 is 14.6 Å². The molecule has 1 aromatic heterocycles. The summed E-state index contributed by atoms with van der Waals surface area (Å²) in [5.41, 5.74) is 0.986. The Balaban J connectivity index is 1.53. The molecule has 0 spiro atoms. The van der Waals surface area contributed by atoms with Crippen molar-refractivity contribution in [2.75, 3.05) is 13.2 Å². The monoisotopic (exact) mass is 335 g/mol. The van der Waals surface area contributed by atoms with Gasteiger partial charge in [-0.05, 0) is 43.5 Å². The Morgan fingerprint density at radius 2 is 2.26 bits per heavy atom. The van der Waals surface area contributed by atoms with Gasteiger partial charge in [-0.15, -0.1) is 0 Å². The van der Waals surface area contributed by atoms with Crippen LogP contribution in [0, 0.1) is 6.92 Å². The summed E-state index contributed by atoms with van der Waals surface area (Å²) in [5, 5.41) is 3.64. The molecule has 0 bridgehead atoms. The molecule has 0 radical (unpaired) electrons. The Labute approximate surface area is 141 Å². The van der Waals surface area contributed by atoms with Gasteiger partial charge in [-0.2, -0.15) is 0 Å². The summed E-state index contributed by atoms with van der Waals surface area (Å²) in [6.45, 7) is 3.99. The molecule has 0 fully saturated rings. The van der Waals surface area contributed by atoms with Gasteiger partial charge in [0.1, 0.15) is 5.75 Å². The molecule has 1 N–H and O–H groups in total. The highest BCUT2D eigenvalue weighted by Crippen LogP contribution is 2.21. The van der Waals surface area contributed by atoms with E-state index in [1.807, 2.05) is 35.9 Å². The van der Waals surface area contributed by atoms with Crippen molar-refractivity contribution in [1.29, 1.82) is 0 Å². The SMILES string of the molecule is Cc1cc(OCCCC(=O)NCCCn2ccnc2)ccc1Cl. The first-order chi connectivity index (χ1) is 11.1. The number of aromatic nitrogens is 2. The first-order valence-corrected chi connectivity index (χ1v) is 8.14. The predicted octanol–water partition coefficient (Wildman–Crippen LogP) is 3.21. The molecule has 1 aromatic carbocycles. The van der Waals surface area contributed by atoms with Crippen LogP contribution in [-0.4, -0.2) is 28.6 Å². The van der Waals surface area contributed by atoms with Gasteiger partial charge in [0.25, 0.3) is 0 Å². The number of hydrogen-bond donors (Lipinski definition) is 1. The third kappa shape index (κ3) is 6.32. The first kappa shape index (κ1) is 17.3. The van der Waals surface area contributed by atoms with Crippen LogP contribution in [-0.2, 0) is 11.3 Å². The lowest BCUT2D eigenvalue weighted by molar-refractivity contribution is -0.121. The Kier molecular flexibility index (Phi) is 6.94. The molecule has 2 aromatic rings. The van der Waals surface area contributed by atoms with E-state index in [2.05, 4.69) is 10.3 Å². The molecule has 1 heterocycles. The minimum absolute atomic E-state index is 0.0616. The number of nitrogens with one attached hydrogen (secondary N) is 1. The Morgan fingerprint density at radius 3 is 3.00 bits per heavy atom. The predicted molar refractivity (Wildman–Crippen MR) is 90.8 cm³/mol. The molecule has 23 heavy (non-hydrogen) atoms. The number of carbonyl (C=O) groups excluding carboxylic acids is 1. The zero-order chi connectivity index (χ0) is 16.5. The molecule has 1 amide bonds. The van der Waals surface area contributed by atoms with Crippen LogP contribution in [0.15, 0.2) is 36.9 Å². The summed E-state index contributed by atoms with van der Waals surface area (Å²) in [6.07, 6.45) is 7.49. The molecule has 0 aliphatic rings. The number of aryl methyl sites for hydroxylation is 2. The van der Waals surface area contributed by atoms with Crippen LogP contribution in [0.2, 0.25) is 5.02 Å². The maximum Gasteiger partial charge on any atom is 0.220 e. The van der Waals surface area contributed by atoms with E-state index in [1.165, 1.54) is 0 Å². The van der Waals surface area contributed by atoms with Crippen molar-refractivity contribution in [2.24, 2.45) is 0 Å². The first-order valence-electron chi connectivity index (χ1n) is 7.76. The third-order valence-electron chi connectivity index (χ3n) is 3.42. The lowest BCUT2D eigenvalue weighted by Gasteiger charge is -2.08. The van der Waals surface area contributed by atoms with E-state index in [0.29, 0.717) is 26.0 Å². The third-order valence-corrected chi connectivity index (χ3v) is 3.84. The van der Waals surface area contributed by atoms with Gasteiger partial charge in [0.2, 0.25) is 5.91 Å². The van der Waals surface area contributed by atoms with Crippen LogP contribution in [0.1, 0.15) is 24.8 Å². The van der Waals surface area contributed by atoms with Crippen LogP contribution < -0.4 is 10.1 Å². The maximum absolute atomic E-state index is 11.7. The van der Waals surface area contributed by atoms with Gasteiger partial charge in [0.15, 0.2) is 0 Å². The van der Waals surface area contributed by atoms with Crippen LogP contribution in [0.4, 0.5) is 0 Å². The quantitative estimate of drug-likeness (QED) is 0.716. The van der Waals surface area contributed by atoms with Crippen LogP contribution in [0.5, 0.6) is 5.75 Å². The number of carbonyl (C=O) groups is 1. The molecule has 6 heteroatoms. The lowest BCUT2D eigenvalue weighted by atomic mass is 10.2. The van der Waals surface area contributed by atoms with Crippen molar-refractivity contribution in [3.8, 4) is 5.75 Å². The van der Waals surface area contributed by atoms with Gasteiger partial charge >= 0.3 is 0 Å². The Bertz CT molecular complexity index is 614. The topological polar surface area (TPSA) is 56.1 Å². The Morgan fingerprint density at radius 1 is 1.39 bits per heavy atom. The zero-order valence-corrected chi connectivity index (χ0v) is 14.1. The van der Waals surface area contributed by atoms with Crippen molar-refractivity contribution in [1.82, 2.24) is 14.9 Å². The van der Waals surface area contributed by atoms with Crippen molar-refractivity contribution in [3.63, 3.8) is 0 Å². The molecule has 124 valence electrons. The van der Waals surface area contributed by atoms with Crippen molar-refractivity contribution in [3.05, 3.63) is 47.5 Å². The fraction of sp³-hybridized carbons (Fsp3) is 0.412. The van der Waals surface area contributed by atoms with Gasteiger partial charge in [-0.3, -0.25) is 4.79 Å². The second-order valence-corrected chi connectivity index (χ2v) is 5.77. The van der Waals surface area contributed by atoms with Crippen LogP contribution >= 0.6 is 11.6 Å². The second-order valence-electron chi connectivity index (χ2n) is 5.37. The number of amides is 1. The van der Waals surface area contributed by atoms with Gasteiger partial charge in [0, 0.05) is 36.9 Å². The van der Waals surface area contributed by atoms with E-state index in [1.54, 1.807) is 12.5 Å². The summed E-state index contributed by atoms with van der Waals surface area (Å²) >= 11 is 5.96. The molecule has 0 unspecified atom stereocenters. The number of imidazole rings is 1. The number of benzene rings is 1. The van der Waals surface area contributed by atoms with Crippen molar-refractivity contribution >= 4 is 17.5 Å². The molecular formula is C17H22ClN3O2. The van der Waals surface area contributed by atoms with E-state index in [-0.39, 0.29) is 5.91 Å². The summed E-state index contributed by atoms with van der Waals surface area (Å²) in [7, 11) is 0. The molecule has 0 aliphatic carbocycles. The normalized spacial score (nSPS) is 10.5. The molecule has 0 aliphatic heterocycles. The fourth-order valence-corrected chi connectivity index (χ4v) is 2.24. The van der Waals surface area contributed by atoms with E-state index in [0.717, 1.165) is 29.3 Å². The van der Waals surface area contributed by atoms with E-state index in [4.69, 9.17) is 16.3 Å². The molecule has 5 nitrogen and oxygen atoms in total. The maximum atomic E-state index is 11.7. The van der Waals surface area contributed by atoms with E-state index < -0.39 is 0 Å². The average Bonchev–Trinajstić information content (AvgIpc) is 3.05. The molecule has 0 atom stereocenters. The number of hydrogen-bond acceptors (Lipinski definition) is 3. The molecule has 2 rings (SSSR count). The smallest absolute Gasteiger partial charge is 0.220 e. The van der Waals surface area contributed by atoms with E-state index >= 15 is 0 Å². The highest BCUT2D eigenvalue weighted by atomic mass is 35.5. The standard InChI is InChI=1S/C17H22ClN3O2/c1-14-12-15(5-6-16(14)18)23-11-2-4-17(22)20-7-3-9-21-10-8-19-13-21/h5-6,8,10,12-13H,2-4,7,9,11H2,1H3,(H,20,22). The van der Waals surface area contributed by atoms with Crippen molar-refractivity contribution in [2.45, 2.75) is 32.7 Å². The Hall–Kier alpha value is -2.01. The average molecular weight is 336 g/mol. The molecular weight excluding hydrogens is 314 g/mol. The number of rotatable bonds is 9. The minimum atomic E-state index is 0.0616. The van der Waals surface area contributed by atoms with Gasteiger partial charge in [0.05, 0.1) is 12.9 Å². The van der Waals surface area contributed by atoms with Crippen LogP contribution in [0.25, 0.3) is 0 Å². The van der Waals surface area contributed by atoms with E-state index in [9.17, 15) is 4.79 Å². The second kappa shape index (κ2) is 9.20. The summed E-state index contributed by atoms with van der Waals surface area (Å²) in [4.78, 5) is 15.7. The fourth-order valence-electron chi connectivity index (χ4n) is 2.13.